The first-order valence-electron chi connectivity index (χ1n) is 5.14. The van der Waals surface area contributed by atoms with E-state index in [9.17, 15) is 4.79 Å². The molecule has 0 saturated heterocycles. The molecule has 1 aliphatic rings. The van der Waals surface area contributed by atoms with Crippen LogP contribution in [0.15, 0.2) is 28.3 Å². The van der Waals surface area contributed by atoms with Crippen molar-refractivity contribution in [2.75, 3.05) is 14.1 Å². The number of rotatable bonds is 1. The molecule has 0 bridgehead atoms. The van der Waals surface area contributed by atoms with Gasteiger partial charge in [-0.3, -0.25) is 4.79 Å². The van der Waals surface area contributed by atoms with Gasteiger partial charge in [-0.25, -0.2) is 0 Å². The number of allylic oxidation sites excluding steroid dienone is 3. The van der Waals surface area contributed by atoms with Crippen molar-refractivity contribution in [1.82, 2.24) is 4.90 Å². The Labute approximate surface area is 91.2 Å². The molecule has 0 aromatic heterocycles. The fourth-order valence-electron chi connectivity index (χ4n) is 1.24. The van der Waals surface area contributed by atoms with Crippen molar-refractivity contribution >= 4 is 11.7 Å². The van der Waals surface area contributed by atoms with Gasteiger partial charge >= 0.3 is 0 Å². The van der Waals surface area contributed by atoms with Gasteiger partial charge in [0.15, 0.2) is 0 Å². The monoisotopic (exact) mass is 206 g/mol. The Hall–Kier alpha value is -1.38. The van der Waals surface area contributed by atoms with Crippen LogP contribution in [0.3, 0.4) is 0 Å². The molecule has 0 spiro atoms. The topological polar surface area (TPSA) is 32.7 Å². The van der Waals surface area contributed by atoms with Crippen LogP contribution in [0, 0.1) is 0 Å². The van der Waals surface area contributed by atoms with Crippen LogP contribution < -0.4 is 0 Å². The Balaban J connectivity index is 2.75. The van der Waals surface area contributed by atoms with Gasteiger partial charge in [-0.1, -0.05) is 17.7 Å². The fourth-order valence-corrected chi connectivity index (χ4v) is 1.24. The van der Waals surface area contributed by atoms with Crippen molar-refractivity contribution in [3.8, 4) is 0 Å². The first kappa shape index (κ1) is 11.7. The smallest absolute Gasteiger partial charge is 0.274 e. The fraction of sp³-hybridized carbons (Fsp3) is 0.500. The largest absolute Gasteiger partial charge is 0.366 e. The lowest BCUT2D eigenvalue weighted by Gasteiger charge is -2.12. The van der Waals surface area contributed by atoms with Crippen LogP contribution >= 0.6 is 0 Å². The molecule has 0 aromatic carbocycles. The summed E-state index contributed by atoms with van der Waals surface area (Å²) in [5.74, 6) is 0.636. The van der Waals surface area contributed by atoms with E-state index in [1.807, 2.05) is 38.1 Å². The molecular weight excluding hydrogens is 188 g/mol. The average Bonchev–Trinajstić information content (AvgIpc) is 2.18. The first-order valence-corrected chi connectivity index (χ1v) is 5.14. The number of amidine groups is 1. The Kier molecular flexibility index (Phi) is 3.83. The van der Waals surface area contributed by atoms with E-state index < -0.39 is 0 Å². The molecule has 0 radical (unpaired) electrons. The highest BCUT2D eigenvalue weighted by molar-refractivity contribution is 6.02. The minimum absolute atomic E-state index is 0.107. The molecule has 0 N–H and O–H groups in total. The predicted octanol–water partition coefficient (Wildman–Crippen LogP) is 2.16. The normalized spacial score (nSPS) is 16.9. The van der Waals surface area contributed by atoms with Gasteiger partial charge in [0, 0.05) is 19.7 Å². The Bertz CT molecular complexity index is 349. The van der Waals surface area contributed by atoms with Crippen molar-refractivity contribution in [3.05, 3.63) is 23.3 Å². The number of hydrogen-bond donors (Lipinski definition) is 0. The van der Waals surface area contributed by atoms with Gasteiger partial charge in [0.2, 0.25) is 0 Å². The van der Waals surface area contributed by atoms with E-state index in [1.165, 1.54) is 5.57 Å². The quantitative estimate of drug-likeness (QED) is 0.486. The molecule has 82 valence electrons. The predicted molar refractivity (Wildman–Crippen MR) is 62.9 cm³/mol. The summed E-state index contributed by atoms with van der Waals surface area (Å²) < 4.78 is 0. The van der Waals surface area contributed by atoms with Crippen LogP contribution in [0.4, 0.5) is 0 Å². The Morgan fingerprint density at radius 1 is 1.33 bits per heavy atom. The maximum absolute atomic E-state index is 11.7. The van der Waals surface area contributed by atoms with E-state index in [2.05, 4.69) is 11.9 Å². The van der Waals surface area contributed by atoms with Gasteiger partial charge in [-0.2, -0.15) is 4.99 Å². The van der Waals surface area contributed by atoms with Crippen LogP contribution in [0.5, 0.6) is 0 Å². The number of hydrogen-bond acceptors (Lipinski definition) is 1. The van der Waals surface area contributed by atoms with Crippen LogP contribution in [-0.2, 0) is 4.79 Å². The average molecular weight is 206 g/mol. The molecule has 0 saturated carbocycles. The molecule has 0 heterocycles. The lowest BCUT2D eigenvalue weighted by Crippen LogP contribution is -2.20. The van der Waals surface area contributed by atoms with Crippen LogP contribution in [-0.4, -0.2) is 30.7 Å². The summed E-state index contributed by atoms with van der Waals surface area (Å²) in [4.78, 5) is 17.6. The Morgan fingerprint density at radius 2 is 2.00 bits per heavy atom. The molecule has 0 aliphatic heterocycles. The summed E-state index contributed by atoms with van der Waals surface area (Å²) in [6, 6.07) is 0. The van der Waals surface area contributed by atoms with E-state index >= 15 is 0 Å². The summed E-state index contributed by atoms with van der Waals surface area (Å²) in [6.45, 7) is 3.91. The highest BCUT2D eigenvalue weighted by Gasteiger charge is 2.11. The molecule has 1 rings (SSSR count). The highest BCUT2D eigenvalue weighted by Crippen LogP contribution is 2.18. The molecule has 3 heteroatoms. The van der Waals surface area contributed by atoms with Crippen LogP contribution in [0.2, 0.25) is 0 Å². The van der Waals surface area contributed by atoms with E-state index in [0.29, 0.717) is 0 Å². The summed E-state index contributed by atoms with van der Waals surface area (Å²) in [5, 5.41) is 0. The molecule has 1 amide bonds. The zero-order valence-electron chi connectivity index (χ0n) is 9.87. The molecule has 1 aliphatic carbocycles. The van der Waals surface area contributed by atoms with Crippen molar-refractivity contribution in [1.29, 1.82) is 0 Å². The molecular formula is C12H18N2O. The number of aliphatic imine (C=N–C) groups is 1. The van der Waals surface area contributed by atoms with E-state index in [1.54, 1.807) is 0 Å². The third-order valence-electron chi connectivity index (χ3n) is 2.54. The Morgan fingerprint density at radius 3 is 2.47 bits per heavy atom. The van der Waals surface area contributed by atoms with Gasteiger partial charge in [0.25, 0.3) is 5.91 Å². The number of carbonyl (C=O) groups is 1. The SMILES string of the molecule is CC1=CC=C(C(=O)/N=C(\C)N(C)C)CC1. The van der Waals surface area contributed by atoms with Crippen molar-refractivity contribution in [2.45, 2.75) is 26.7 Å². The van der Waals surface area contributed by atoms with Crippen LogP contribution in [0.1, 0.15) is 26.7 Å². The number of nitrogens with zero attached hydrogens (tertiary/aromatic N) is 2. The molecule has 0 atom stereocenters. The van der Waals surface area contributed by atoms with Crippen LogP contribution in [0.25, 0.3) is 0 Å². The third kappa shape index (κ3) is 3.35. The third-order valence-corrected chi connectivity index (χ3v) is 2.54. The summed E-state index contributed by atoms with van der Waals surface area (Å²) in [5.41, 5.74) is 2.13. The minimum Gasteiger partial charge on any atom is -0.366 e. The first-order chi connectivity index (χ1) is 7.00. The number of amides is 1. The summed E-state index contributed by atoms with van der Waals surface area (Å²) in [7, 11) is 3.76. The second-order valence-electron chi connectivity index (χ2n) is 4.06. The molecule has 0 aromatic rings. The minimum atomic E-state index is -0.107. The molecule has 0 unspecified atom stereocenters. The highest BCUT2D eigenvalue weighted by atomic mass is 16.1. The van der Waals surface area contributed by atoms with Gasteiger partial charge in [-0.05, 0) is 26.7 Å². The second kappa shape index (κ2) is 4.91. The van der Waals surface area contributed by atoms with E-state index in [4.69, 9.17) is 0 Å². The number of carbonyl (C=O) groups excluding carboxylic acids is 1. The summed E-state index contributed by atoms with van der Waals surface area (Å²) in [6.07, 6.45) is 5.66. The zero-order chi connectivity index (χ0) is 11.4. The van der Waals surface area contributed by atoms with Crippen molar-refractivity contribution in [3.63, 3.8) is 0 Å². The maximum atomic E-state index is 11.7. The van der Waals surface area contributed by atoms with Gasteiger partial charge in [0.05, 0.1) is 0 Å². The standard InChI is InChI=1S/C12H18N2O/c1-9-5-7-11(8-6-9)12(15)13-10(2)14(3)4/h5,7H,6,8H2,1-4H3/b13-10+. The van der Waals surface area contributed by atoms with Gasteiger partial charge in [-0.15, -0.1) is 0 Å². The van der Waals surface area contributed by atoms with E-state index in [0.717, 1.165) is 24.3 Å². The molecule has 3 nitrogen and oxygen atoms in total. The maximum Gasteiger partial charge on any atom is 0.274 e. The van der Waals surface area contributed by atoms with E-state index in [-0.39, 0.29) is 5.91 Å². The molecule has 0 fully saturated rings. The van der Waals surface area contributed by atoms with Gasteiger partial charge < -0.3 is 4.90 Å². The molecule has 15 heavy (non-hydrogen) atoms. The van der Waals surface area contributed by atoms with Gasteiger partial charge in [0.1, 0.15) is 5.84 Å². The lowest BCUT2D eigenvalue weighted by molar-refractivity contribution is -0.114. The lowest BCUT2D eigenvalue weighted by atomic mass is 9.99. The van der Waals surface area contributed by atoms with Crippen molar-refractivity contribution < 1.29 is 4.79 Å². The second-order valence-corrected chi connectivity index (χ2v) is 4.06. The van der Waals surface area contributed by atoms with Crippen molar-refractivity contribution in [2.24, 2.45) is 4.99 Å². The zero-order valence-corrected chi connectivity index (χ0v) is 9.87. The summed E-state index contributed by atoms with van der Waals surface area (Å²) >= 11 is 0.